The van der Waals surface area contributed by atoms with Crippen LogP contribution in [0.4, 0.5) is 5.69 Å². The Morgan fingerprint density at radius 2 is 2.31 bits per heavy atom. The topological polar surface area (TPSA) is 64.3 Å². The van der Waals surface area contributed by atoms with Crippen molar-refractivity contribution in [3.63, 3.8) is 0 Å². The monoisotopic (exact) mass is 220 g/mol. The molecule has 2 rings (SSSR count). The lowest BCUT2D eigenvalue weighted by molar-refractivity contribution is -0.122. The van der Waals surface area contributed by atoms with Crippen molar-refractivity contribution in [3.05, 3.63) is 23.8 Å². The number of hydrogen-bond acceptors (Lipinski definition) is 3. The molecule has 0 bridgehead atoms. The van der Waals surface area contributed by atoms with E-state index in [1.807, 2.05) is 25.1 Å². The Morgan fingerprint density at radius 3 is 3.00 bits per heavy atom. The first-order valence-corrected chi connectivity index (χ1v) is 5.49. The molecule has 4 heteroatoms. The lowest BCUT2D eigenvalue weighted by atomic mass is 10.0. The van der Waals surface area contributed by atoms with Crippen molar-refractivity contribution in [2.24, 2.45) is 5.73 Å². The third-order valence-corrected chi connectivity index (χ3v) is 2.80. The summed E-state index contributed by atoms with van der Waals surface area (Å²) in [6.45, 7) is 3.76. The van der Waals surface area contributed by atoms with Gasteiger partial charge in [-0.25, -0.2) is 0 Å². The van der Waals surface area contributed by atoms with Crippen molar-refractivity contribution in [3.8, 4) is 5.75 Å². The zero-order valence-corrected chi connectivity index (χ0v) is 9.49. The smallest absolute Gasteiger partial charge is 0.265 e. The van der Waals surface area contributed by atoms with Gasteiger partial charge in [0.05, 0.1) is 5.69 Å². The van der Waals surface area contributed by atoms with E-state index in [1.165, 1.54) is 0 Å². The third-order valence-electron chi connectivity index (χ3n) is 2.80. The number of nitrogens with one attached hydrogen (secondary N) is 1. The highest BCUT2D eigenvalue weighted by molar-refractivity contribution is 5.97. The number of carbonyl (C=O) groups is 1. The number of ether oxygens (including phenoxy) is 1. The lowest BCUT2D eigenvalue weighted by Crippen LogP contribution is -2.34. The van der Waals surface area contributed by atoms with Crippen LogP contribution in [0, 0.1) is 0 Å². The number of benzene rings is 1. The van der Waals surface area contributed by atoms with Gasteiger partial charge in [0.25, 0.3) is 5.91 Å². The van der Waals surface area contributed by atoms with Crippen molar-refractivity contribution in [1.82, 2.24) is 0 Å². The van der Waals surface area contributed by atoms with Crippen LogP contribution < -0.4 is 15.8 Å². The average molecular weight is 220 g/mol. The molecule has 2 atom stereocenters. The zero-order valence-electron chi connectivity index (χ0n) is 9.49. The van der Waals surface area contributed by atoms with Crippen molar-refractivity contribution >= 4 is 11.6 Å². The maximum Gasteiger partial charge on any atom is 0.265 e. The van der Waals surface area contributed by atoms with Crippen LogP contribution in [0.3, 0.4) is 0 Å². The van der Waals surface area contributed by atoms with Gasteiger partial charge in [0.1, 0.15) is 5.75 Å². The average Bonchev–Trinajstić information content (AvgIpc) is 2.29. The molecule has 86 valence electrons. The Balaban J connectivity index is 2.32. The van der Waals surface area contributed by atoms with Gasteiger partial charge in [-0.2, -0.15) is 0 Å². The minimum absolute atomic E-state index is 0.00144. The molecular formula is C12H16N2O2. The maximum absolute atomic E-state index is 11.4. The third kappa shape index (κ3) is 1.88. The van der Waals surface area contributed by atoms with Crippen LogP contribution in [-0.4, -0.2) is 12.0 Å². The van der Waals surface area contributed by atoms with Crippen LogP contribution in [0.15, 0.2) is 18.2 Å². The Morgan fingerprint density at radius 1 is 1.56 bits per heavy atom. The largest absolute Gasteiger partial charge is 0.479 e. The number of anilines is 1. The molecule has 0 fully saturated rings. The highest BCUT2D eigenvalue weighted by Crippen LogP contribution is 2.32. The van der Waals surface area contributed by atoms with Gasteiger partial charge in [0.2, 0.25) is 0 Å². The zero-order chi connectivity index (χ0) is 11.7. The summed E-state index contributed by atoms with van der Waals surface area (Å²) in [6, 6.07) is 5.68. The van der Waals surface area contributed by atoms with Gasteiger partial charge >= 0.3 is 0 Å². The van der Waals surface area contributed by atoms with Crippen LogP contribution in [0.5, 0.6) is 5.75 Å². The maximum atomic E-state index is 11.4. The van der Waals surface area contributed by atoms with Gasteiger partial charge in [0.15, 0.2) is 6.10 Å². The fraction of sp³-hybridized carbons (Fsp3) is 0.417. The second-order valence-electron chi connectivity index (χ2n) is 4.02. The number of fused-ring (bicyclic) bond motifs is 1. The molecule has 0 radical (unpaired) electrons. The van der Waals surface area contributed by atoms with Gasteiger partial charge in [-0.1, -0.05) is 13.0 Å². The van der Waals surface area contributed by atoms with E-state index in [9.17, 15) is 4.79 Å². The van der Waals surface area contributed by atoms with Crippen LogP contribution in [0.25, 0.3) is 0 Å². The molecule has 1 aromatic rings. The lowest BCUT2D eigenvalue weighted by Gasteiger charge is -2.24. The summed E-state index contributed by atoms with van der Waals surface area (Å²) in [5.74, 6) is 0.592. The first kappa shape index (κ1) is 11.0. The summed E-state index contributed by atoms with van der Waals surface area (Å²) in [6.07, 6.45) is 0.433. The standard InChI is InChI=1S/C12H16N2O2/c1-3-9(13)8-4-5-11-10(6-8)14-12(15)7(2)16-11/h4-7,9H,3,13H2,1-2H3,(H,14,15)/t7?,9-/m0/s1. The minimum atomic E-state index is -0.432. The highest BCUT2D eigenvalue weighted by Gasteiger charge is 2.23. The molecule has 16 heavy (non-hydrogen) atoms. The minimum Gasteiger partial charge on any atom is -0.479 e. The van der Waals surface area contributed by atoms with Crippen molar-refractivity contribution in [2.45, 2.75) is 32.4 Å². The molecule has 1 aliphatic heterocycles. The van der Waals surface area contributed by atoms with Gasteiger partial charge in [-0.15, -0.1) is 0 Å². The quantitative estimate of drug-likeness (QED) is 0.799. The molecule has 1 amide bonds. The van der Waals surface area contributed by atoms with Gasteiger partial charge < -0.3 is 15.8 Å². The molecule has 0 saturated carbocycles. The highest BCUT2D eigenvalue weighted by atomic mass is 16.5. The Labute approximate surface area is 94.8 Å². The molecule has 0 aromatic heterocycles. The molecular weight excluding hydrogens is 204 g/mol. The van der Waals surface area contributed by atoms with E-state index >= 15 is 0 Å². The van der Waals surface area contributed by atoms with Crippen LogP contribution in [-0.2, 0) is 4.79 Å². The summed E-state index contributed by atoms with van der Waals surface area (Å²) in [5.41, 5.74) is 7.66. The summed E-state index contributed by atoms with van der Waals surface area (Å²) in [7, 11) is 0. The van der Waals surface area contributed by atoms with E-state index in [0.29, 0.717) is 11.4 Å². The number of rotatable bonds is 2. The molecule has 3 N–H and O–H groups in total. The van der Waals surface area contributed by atoms with Crippen LogP contribution >= 0.6 is 0 Å². The number of amides is 1. The number of nitrogens with two attached hydrogens (primary N) is 1. The Bertz CT molecular complexity index is 417. The summed E-state index contributed by atoms with van der Waals surface area (Å²) >= 11 is 0. The van der Waals surface area contributed by atoms with E-state index in [-0.39, 0.29) is 11.9 Å². The second kappa shape index (κ2) is 4.14. The normalized spacial score (nSPS) is 20.7. The summed E-state index contributed by atoms with van der Waals surface area (Å²) in [5, 5.41) is 2.81. The van der Waals surface area contributed by atoms with Crippen LogP contribution in [0.2, 0.25) is 0 Å². The molecule has 1 unspecified atom stereocenters. The second-order valence-corrected chi connectivity index (χ2v) is 4.02. The van der Waals surface area contributed by atoms with E-state index in [4.69, 9.17) is 10.5 Å². The fourth-order valence-electron chi connectivity index (χ4n) is 1.69. The van der Waals surface area contributed by atoms with Crippen LogP contribution in [0.1, 0.15) is 31.9 Å². The van der Waals surface area contributed by atoms with Crippen molar-refractivity contribution in [1.29, 1.82) is 0 Å². The van der Waals surface area contributed by atoms with E-state index in [2.05, 4.69) is 5.32 Å². The fourth-order valence-corrected chi connectivity index (χ4v) is 1.69. The first-order chi connectivity index (χ1) is 7.61. The number of hydrogen-bond donors (Lipinski definition) is 2. The molecule has 0 saturated heterocycles. The molecule has 1 aliphatic rings. The first-order valence-electron chi connectivity index (χ1n) is 5.49. The predicted molar refractivity (Wildman–Crippen MR) is 62.4 cm³/mol. The molecule has 1 heterocycles. The summed E-state index contributed by atoms with van der Waals surface area (Å²) in [4.78, 5) is 11.4. The van der Waals surface area contributed by atoms with Gasteiger partial charge in [0, 0.05) is 6.04 Å². The van der Waals surface area contributed by atoms with Gasteiger partial charge in [-0.05, 0) is 31.0 Å². The van der Waals surface area contributed by atoms with Crippen molar-refractivity contribution < 1.29 is 9.53 Å². The Kier molecular flexibility index (Phi) is 2.83. The van der Waals surface area contributed by atoms with E-state index in [1.54, 1.807) is 6.92 Å². The van der Waals surface area contributed by atoms with E-state index in [0.717, 1.165) is 12.0 Å². The van der Waals surface area contributed by atoms with Gasteiger partial charge in [-0.3, -0.25) is 4.79 Å². The molecule has 1 aromatic carbocycles. The Hall–Kier alpha value is -1.55. The molecule has 4 nitrogen and oxygen atoms in total. The van der Waals surface area contributed by atoms with Crippen molar-refractivity contribution in [2.75, 3.05) is 5.32 Å². The predicted octanol–water partition coefficient (Wildman–Crippen LogP) is 1.82. The number of carbonyl (C=O) groups excluding carboxylic acids is 1. The SMILES string of the molecule is CC[C@H](N)c1ccc2c(c1)NC(=O)C(C)O2. The summed E-state index contributed by atoms with van der Waals surface area (Å²) < 4.78 is 5.46. The molecule has 0 aliphatic carbocycles. The molecule has 0 spiro atoms. The van der Waals surface area contributed by atoms with E-state index < -0.39 is 6.10 Å².